The average Bonchev–Trinajstić information content (AvgIpc) is 2.39. The molecular formula is C17H22NS+. The van der Waals surface area contributed by atoms with Gasteiger partial charge in [-0.15, -0.1) is 11.8 Å². The monoisotopic (exact) mass is 275 g/mol. The van der Waals surface area contributed by atoms with E-state index in [-0.39, 0.29) is 0 Å². The minimum atomic E-state index is -2.10. The van der Waals surface area contributed by atoms with Crippen LogP contribution in [-0.4, -0.2) is 5.25 Å². The fourth-order valence-electron chi connectivity index (χ4n) is 2.11. The molecular weight excluding hydrogens is 250 g/mol. The molecule has 0 aliphatic heterocycles. The molecule has 0 saturated heterocycles. The first-order valence-electron chi connectivity index (χ1n) is 7.97. The number of aromatic nitrogens is 1. The Balaban J connectivity index is 2.65. The zero-order valence-corrected chi connectivity index (χ0v) is 12.7. The van der Waals surface area contributed by atoms with Gasteiger partial charge in [-0.05, 0) is 25.4 Å². The van der Waals surface area contributed by atoms with Crippen molar-refractivity contribution in [3.63, 3.8) is 0 Å². The van der Waals surface area contributed by atoms with Gasteiger partial charge in [0.25, 0.3) is 0 Å². The van der Waals surface area contributed by atoms with Gasteiger partial charge < -0.3 is 0 Å². The second-order valence-corrected chi connectivity index (χ2v) is 6.65. The van der Waals surface area contributed by atoms with Crippen molar-refractivity contribution >= 4 is 11.8 Å². The van der Waals surface area contributed by atoms with E-state index in [1.807, 2.05) is 29.8 Å². The summed E-state index contributed by atoms with van der Waals surface area (Å²) in [5, 5.41) is 0.332. The fourth-order valence-corrected chi connectivity index (χ4v) is 2.98. The number of hydrogen-bond donors (Lipinski definition) is 0. The highest BCUT2D eigenvalue weighted by atomic mass is 32.2. The summed E-state index contributed by atoms with van der Waals surface area (Å²) < 4.78 is 25.2. The summed E-state index contributed by atoms with van der Waals surface area (Å²) in [4.78, 5) is 0.839. The van der Waals surface area contributed by atoms with Gasteiger partial charge in [-0.3, -0.25) is 0 Å². The smallest absolute Gasteiger partial charge is 0.201 e. The van der Waals surface area contributed by atoms with Crippen molar-refractivity contribution in [1.29, 1.82) is 0 Å². The quantitative estimate of drug-likeness (QED) is 0.597. The normalized spacial score (nSPS) is 14.1. The van der Waals surface area contributed by atoms with Gasteiger partial charge in [-0.1, -0.05) is 32.0 Å². The van der Waals surface area contributed by atoms with Gasteiger partial charge in [-0.2, -0.15) is 0 Å². The molecule has 2 aromatic rings. The molecule has 1 heterocycles. The molecule has 0 N–H and O–H groups in total. The maximum absolute atomic E-state index is 7.78. The predicted octanol–water partition coefficient (Wildman–Crippen LogP) is 4.30. The highest BCUT2D eigenvalue weighted by Gasteiger charge is 2.16. The van der Waals surface area contributed by atoms with E-state index in [0.29, 0.717) is 10.8 Å². The van der Waals surface area contributed by atoms with Crippen molar-refractivity contribution in [2.24, 2.45) is 7.05 Å². The Labute approximate surface area is 124 Å². The summed E-state index contributed by atoms with van der Waals surface area (Å²) in [5.74, 6) is 0. The van der Waals surface area contributed by atoms with E-state index in [0.717, 1.165) is 16.2 Å². The second kappa shape index (κ2) is 5.79. The third-order valence-corrected chi connectivity index (χ3v) is 4.08. The Morgan fingerprint density at radius 1 is 1.21 bits per heavy atom. The molecule has 0 aliphatic rings. The van der Waals surface area contributed by atoms with Gasteiger partial charge in [0.2, 0.25) is 5.69 Å². The van der Waals surface area contributed by atoms with Crippen LogP contribution >= 0.6 is 11.8 Å². The minimum Gasteiger partial charge on any atom is -0.201 e. The zero-order valence-electron chi connectivity index (χ0n) is 14.9. The van der Waals surface area contributed by atoms with Crippen LogP contribution in [0.25, 0.3) is 11.3 Å². The molecule has 2 heteroatoms. The van der Waals surface area contributed by atoms with E-state index in [9.17, 15) is 0 Å². The van der Waals surface area contributed by atoms with Crippen LogP contribution in [0.5, 0.6) is 0 Å². The average molecular weight is 275 g/mol. The van der Waals surface area contributed by atoms with E-state index >= 15 is 0 Å². The molecule has 0 radical (unpaired) electrons. The summed E-state index contributed by atoms with van der Waals surface area (Å²) in [6, 6.07) is 10.2. The van der Waals surface area contributed by atoms with Crippen molar-refractivity contribution in [2.45, 2.75) is 37.8 Å². The molecule has 0 spiro atoms. The van der Waals surface area contributed by atoms with Crippen molar-refractivity contribution in [1.82, 2.24) is 0 Å². The van der Waals surface area contributed by atoms with Gasteiger partial charge in [0, 0.05) is 31.5 Å². The lowest BCUT2D eigenvalue weighted by molar-refractivity contribution is -0.661. The van der Waals surface area contributed by atoms with Crippen LogP contribution < -0.4 is 4.57 Å². The SMILES string of the molecule is [2H]C([2H])([2H])c1c[n+](C)c(-c2ccccc2C)cc1SC(C)C. The lowest BCUT2D eigenvalue weighted by Gasteiger charge is -2.10. The summed E-state index contributed by atoms with van der Waals surface area (Å²) in [6.45, 7) is 4.13. The van der Waals surface area contributed by atoms with E-state index in [1.165, 1.54) is 5.56 Å². The molecule has 0 atom stereocenters. The van der Waals surface area contributed by atoms with Gasteiger partial charge in [0.15, 0.2) is 6.20 Å². The lowest BCUT2D eigenvalue weighted by atomic mass is 10.0. The molecule has 1 nitrogen and oxygen atoms in total. The third kappa shape index (κ3) is 3.19. The number of aryl methyl sites for hydroxylation is 3. The third-order valence-electron chi connectivity index (χ3n) is 3.02. The van der Waals surface area contributed by atoms with Crippen LogP contribution in [-0.2, 0) is 7.05 Å². The predicted molar refractivity (Wildman–Crippen MR) is 83.5 cm³/mol. The maximum atomic E-state index is 7.78. The molecule has 0 aliphatic carbocycles. The second-order valence-electron chi connectivity index (χ2n) is 5.03. The molecule has 100 valence electrons. The molecule has 0 bridgehead atoms. The standard InChI is InChI=1S/C17H22NS/c1-12(2)19-17-10-16(18(5)11-14(17)4)15-9-7-6-8-13(15)3/h6-12H,1-5H3/q+1/i4D3. The first kappa shape index (κ1) is 10.5. The first-order valence-corrected chi connectivity index (χ1v) is 7.35. The molecule has 0 saturated carbocycles. The molecule has 19 heavy (non-hydrogen) atoms. The summed E-state index contributed by atoms with van der Waals surface area (Å²) in [5.41, 5.74) is 3.77. The van der Waals surface area contributed by atoms with Gasteiger partial charge in [0.1, 0.15) is 7.05 Å². The van der Waals surface area contributed by atoms with E-state index in [4.69, 9.17) is 4.11 Å². The Kier molecular flexibility index (Phi) is 3.20. The Morgan fingerprint density at radius 3 is 2.58 bits per heavy atom. The number of pyridine rings is 1. The number of benzene rings is 1. The van der Waals surface area contributed by atoms with Crippen molar-refractivity contribution < 1.29 is 8.68 Å². The maximum Gasteiger partial charge on any atom is 0.213 e. The summed E-state index contributed by atoms with van der Waals surface area (Å²) in [7, 11) is 1.90. The molecule has 0 unspecified atom stereocenters. The lowest BCUT2D eigenvalue weighted by Crippen LogP contribution is -2.31. The minimum absolute atomic E-state index is 0.332. The van der Waals surface area contributed by atoms with E-state index in [2.05, 4.69) is 32.9 Å². The molecule has 0 amide bonds. The molecule has 2 rings (SSSR count). The fraction of sp³-hybridized carbons (Fsp3) is 0.353. The number of nitrogens with zero attached hydrogens (tertiary/aromatic N) is 1. The van der Waals surface area contributed by atoms with Crippen LogP contribution in [0.15, 0.2) is 41.4 Å². The zero-order chi connectivity index (χ0) is 16.5. The van der Waals surface area contributed by atoms with Gasteiger partial charge in [-0.25, -0.2) is 4.57 Å². The summed E-state index contributed by atoms with van der Waals surface area (Å²) in [6.07, 6.45) is 1.75. The van der Waals surface area contributed by atoms with Crippen LogP contribution in [0.2, 0.25) is 0 Å². The molecule has 0 fully saturated rings. The van der Waals surface area contributed by atoms with Crippen molar-refractivity contribution in [3.05, 3.63) is 47.7 Å². The van der Waals surface area contributed by atoms with Gasteiger partial charge >= 0.3 is 0 Å². The molecule has 1 aromatic carbocycles. The Bertz CT molecular complexity index is 678. The molecule has 1 aromatic heterocycles. The number of rotatable bonds is 3. The van der Waals surface area contributed by atoms with E-state index < -0.39 is 6.85 Å². The van der Waals surface area contributed by atoms with E-state index in [1.54, 1.807) is 18.0 Å². The topological polar surface area (TPSA) is 3.88 Å². The number of hydrogen-bond acceptors (Lipinski definition) is 1. The largest absolute Gasteiger partial charge is 0.213 e. The van der Waals surface area contributed by atoms with Crippen LogP contribution in [0.4, 0.5) is 0 Å². The van der Waals surface area contributed by atoms with Crippen LogP contribution in [0, 0.1) is 13.8 Å². The van der Waals surface area contributed by atoms with Crippen molar-refractivity contribution in [2.75, 3.05) is 0 Å². The Morgan fingerprint density at radius 2 is 1.95 bits per heavy atom. The van der Waals surface area contributed by atoms with Crippen LogP contribution in [0.1, 0.15) is 29.1 Å². The Hall–Kier alpha value is -1.28. The van der Waals surface area contributed by atoms with Gasteiger partial charge in [0.05, 0.1) is 0 Å². The van der Waals surface area contributed by atoms with Crippen LogP contribution in [0.3, 0.4) is 0 Å². The highest BCUT2D eigenvalue weighted by Crippen LogP contribution is 2.29. The first-order chi connectivity index (χ1) is 10.2. The number of thioether (sulfide) groups is 1. The highest BCUT2D eigenvalue weighted by molar-refractivity contribution is 8.00. The van der Waals surface area contributed by atoms with Crippen molar-refractivity contribution in [3.8, 4) is 11.3 Å². The summed E-state index contributed by atoms with van der Waals surface area (Å²) >= 11 is 1.60.